The van der Waals surface area contributed by atoms with E-state index in [1.54, 1.807) is 0 Å². The molecule has 0 bridgehead atoms. The zero-order valence-corrected chi connectivity index (χ0v) is 9.43. The van der Waals surface area contributed by atoms with Gasteiger partial charge in [-0.3, -0.25) is 4.90 Å². The van der Waals surface area contributed by atoms with Gasteiger partial charge in [-0.15, -0.1) is 0 Å². The van der Waals surface area contributed by atoms with E-state index in [-0.39, 0.29) is 0 Å². The van der Waals surface area contributed by atoms with Crippen LogP contribution in [-0.4, -0.2) is 36.7 Å². The van der Waals surface area contributed by atoms with Crippen LogP contribution in [0.4, 0.5) is 0 Å². The second-order valence-corrected chi connectivity index (χ2v) is 4.86. The number of ether oxygens (including phenoxy) is 1. The maximum Gasteiger partial charge on any atom is 0.123 e. The van der Waals surface area contributed by atoms with E-state index in [0.29, 0.717) is 12.1 Å². The molecule has 2 N–H and O–H groups in total. The SMILES string of the molecule is N[C@@H]1CCN(CC2Cc3ccccc3O2)C1. The van der Waals surface area contributed by atoms with Gasteiger partial charge < -0.3 is 10.5 Å². The summed E-state index contributed by atoms with van der Waals surface area (Å²) >= 11 is 0. The Kier molecular flexibility index (Phi) is 2.58. The van der Waals surface area contributed by atoms with Gasteiger partial charge in [-0.1, -0.05) is 18.2 Å². The molecule has 2 aliphatic rings. The van der Waals surface area contributed by atoms with Crippen LogP contribution in [0.1, 0.15) is 12.0 Å². The van der Waals surface area contributed by atoms with E-state index in [0.717, 1.165) is 38.2 Å². The lowest BCUT2D eigenvalue weighted by Crippen LogP contribution is -2.35. The molecule has 2 atom stereocenters. The van der Waals surface area contributed by atoms with Crippen LogP contribution in [-0.2, 0) is 6.42 Å². The monoisotopic (exact) mass is 218 g/mol. The third-order valence-corrected chi connectivity index (χ3v) is 3.48. The predicted molar refractivity (Wildman–Crippen MR) is 63.6 cm³/mol. The van der Waals surface area contributed by atoms with Gasteiger partial charge in [0.25, 0.3) is 0 Å². The summed E-state index contributed by atoms with van der Waals surface area (Å²) in [6.45, 7) is 3.16. The molecule has 3 nitrogen and oxygen atoms in total. The molecule has 2 aliphatic heterocycles. The van der Waals surface area contributed by atoms with E-state index < -0.39 is 0 Å². The molecule has 2 heterocycles. The van der Waals surface area contributed by atoms with E-state index in [9.17, 15) is 0 Å². The van der Waals surface area contributed by atoms with Gasteiger partial charge in [0, 0.05) is 25.6 Å². The van der Waals surface area contributed by atoms with Crippen molar-refractivity contribution < 1.29 is 4.74 Å². The highest BCUT2D eigenvalue weighted by atomic mass is 16.5. The van der Waals surface area contributed by atoms with Gasteiger partial charge in [0.15, 0.2) is 0 Å². The number of hydrogen-bond donors (Lipinski definition) is 1. The van der Waals surface area contributed by atoms with E-state index in [2.05, 4.69) is 23.1 Å². The summed E-state index contributed by atoms with van der Waals surface area (Å²) in [5, 5.41) is 0. The number of likely N-dealkylation sites (tertiary alicyclic amines) is 1. The maximum absolute atomic E-state index is 5.92. The Hall–Kier alpha value is -1.06. The van der Waals surface area contributed by atoms with Gasteiger partial charge in [0.05, 0.1) is 0 Å². The first kappa shape index (κ1) is 10.1. The van der Waals surface area contributed by atoms with Crippen molar-refractivity contribution >= 4 is 0 Å². The summed E-state index contributed by atoms with van der Waals surface area (Å²) in [5.74, 6) is 1.07. The van der Waals surface area contributed by atoms with Crippen molar-refractivity contribution in [2.45, 2.75) is 25.0 Å². The van der Waals surface area contributed by atoms with Crippen molar-refractivity contribution in [3.63, 3.8) is 0 Å². The van der Waals surface area contributed by atoms with Crippen LogP contribution in [0.15, 0.2) is 24.3 Å². The Bertz CT molecular complexity index is 355. The Labute approximate surface area is 96.2 Å². The normalized spacial score (nSPS) is 29.1. The van der Waals surface area contributed by atoms with E-state index in [1.807, 2.05) is 6.07 Å². The van der Waals surface area contributed by atoms with Gasteiger partial charge in [-0.2, -0.15) is 0 Å². The smallest absolute Gasteiger partial charge is 0.123 e. The summed E-state index contributed by atoms with van der Waals surface area (Å²) in [7, 11) is 0. The quantitative estimate of drug-likeness (QED) is 0.805. The minimum absolute atomic E-state index is 0.322. The molecule has 16 heavy (non-hydrogen) atoms. The molecular weight excluding hydrogens is 200 g/mol. The summed E-state index contributed by atoms with van der Waals surface area (Å²) in [4.78, 5) is 2.42. The zero-order chi connectivity index (χ0) is 11.0. The number of rotatable bonds is 2. The molecule has 0 spiro atoms. The van der Waals surface area contributed by atoms with Gasteiger partial charge >= 0.3 is 0 Å². The van der Waals surface area contributed by atoms with Gasteiger partial charge in [0.2, 0.25) is 0 Å². The third kappa shape index (κ3) is 1.93. The molecule has 0 saturated carbocycles. The van der Waals surface area contributed by atoms with Gasteiger partial charge in [-0.25, -0.2) is 0 Å². The lowest BCUT2D eigenvalue weighted by Gasteiger charge is -2.19. The zero-order valence-electron chi connectivity index (χ0n) is 9.43. The number of para-hydroxylation sites is 1. The highest BCUT2D eigenvalue weighted by molar-refractivity contribution is 5.37. The fourth-order valence-corrected chi connectivity index (χ4v) is 2.67. The van der Waals surface area contributed by atoms with Crippen molar-refractivity contribution in [1.29, 1.82) is 0 Å². The first-order chi connectivity index (χ1) is 7.81. The van der Waals surface area contributed by atoms with Crippen LogP contribution in [0.5, 0.6) is 5.75 Å². The summed E-state index contributed by atoms with van der Waals surface area (Å²) in [5.41, 5.74) is 7.24. The van der Waals surface area contributed by atoms with E-state index in [1.165, 1.54) is 5.56 Å². The number of nitrogens with two attached hydrogens (primary N) is 1. The Balaban J connectivity index is 1.60. The van der Waals surface area contributed by atoms with Crippen LogP contribution in [0, 0.1) is 0 Å². The van der Waals surface area contributed by atoms with E-state index >= 15 is 0 Å². The van der Waals surface area contributed by atoms with Gasteiger partial charge in [0.1, 0.15) is 11.9 Å². The highest BCUT2D eigenvalue weighted by Crippen LogP contribution is 2.28. The second-order valence-electron chi connectivity index (χ2n) is 4.86. The fraction of sp³-hybridized carbons (Fsp3) is 0.538. The molecule has 1 aromatic carbocycles. The molecule has 1 aromatic rings. The maximum atomic E-state index is 5.92. The van der Waals surface area contributed by atoms with Crippen LogP contribution in [0.25, 0.3) is 0 Å². The Morgan fingerprint density at radius 3 is 3.00 bits per heavy atom. The average molecular weight is 218 g/mol. The summed E-state index contributed by atoms with van der Waals surface area (Å²) in [6, 6.07) is 8.70. The second kappa shape index (κ2) is 4.07. The molecule has 1 saturated heterocycles. The van der Waals surface area contributed by atoms with Crippen molar-refractivity contribution in [3.8, 4) is 5.75 Å². The first-order valence-corrected chi connectivity index (χ1v) is 6.04. The molecule has 86 valence electrons. The van der Waals surface area contributed by atoms with Crippen LogP contribution in [0.2, 0.25) is 0 Å². The fourth-order valence-electron chi connectivity index (χ4n) is 2.67. The lowest BCUT2D eigenvalue weighted by atomic mass is 10.1. The minimum atomic E-state index is 0.322. The standard InChI is InChI=1S/C13H18N2O/c14-11-5-6-15(8-11)9-12-7-10-3-1-2-4-13(10)16-12/h1-4,11-12H,5-9,14H2/t11-,12?/m1/s1. The largest absolute Gasteiger partial charge is 0.488 e. The van der Waals surface area contributed by atoms with Crippen LogP contribution >= 0.6 is 0 Å². The molecule has 0 aliphatic carbocycles. The number of nitrogens with zero attached hydrogens (tertiary/aromatic N) is 1. The Morgan fingerprint density at radius 2 is 2.25 bits per heavy atom. The Morgan fingerprint density at radius 1 is 1.38 bits per heavy atom. The predicted octanol–water partition coefficient (Wildman–Crippen LogP) is 1.02. The van der Waals surface area contributed by atoms with Gasteiger partial charge in [-0.05, 0) is 24.6 Å². The first-order valence-electron chi connectivity index (χ1n) is 6.04. The van der Waals surface area contributed by atoms with Crippen LogP contribution in [0.3, 0.4) is 0 Å². The lowest BCUT2D eigenvalue weighted by molar-refractivity contribution is 0.167. The number of hydrogen-bond acceptors (Lipinski definition) is 3. The van der Waals surface area contributed by atoms with Crippen molar-refractivity contribution in [2.75, 3.05) is 19.6 Å². The van der Waals surface area contributed by atoms with Crippen molar-refractivity contribution in [1.82, 2.24) is 4.90 Å². The molecule has 0 aromatic heterocycles. The molecule has 1 fully saturated rings. The summed E-state index contributed by atoms with van der Waals surface area (Å²) < 4.78 is 5.92. The topological polar surface area (TPSA) is 38.5 Å². The molecule has 3 heteroatoms. The minimum Gasteiger partial charge on any atom is -0.488 e. The molecule has 0 radical (unpaired) electrons. The number of benzene rings is 1. The molecule has 3 rings (SSSR count). The summed E-state index contributed by atoms with van der Waals surface area (Å²) in [6.07, 6.45) is 2.49. The van der Waals surface area contributed by atoms with Crippen molar-refractivity contribution in [3.05, 3.63) is 29.8 Å². The number of fused-ring (bicyclic) bond motifs is 1. The molecular formula is C13H18N2O. The van der Waals surface area contributed by atoms with Crippen LogP contribution < -0.4 is 10.5 Å². The average Bonchev–Trinajstić information content (AvgIpc) is 2.84. The third-order valence-electron chi connectivity index (χ3n) is 3.48. The highest BCUT2D eigenvalue weighted by Gasteiger charge is 2.27. The van der Waals surface area contributed by atoms with Crippen molar-refractivity contribution in [2.24, 2.45) is 5.73 Å². The molecule has 1 unspecified atom stereocenters. The molecule has 0 amide bonds. The van der Waals surface area contributed by atoms with E-state index in [4.69, 9.17) is 10.5 Å².